The van der Waals surface area contributed by atoms with E-state index in [1.807, 2.05) is 31.1 Å². The second-order valence-electron chi connectivity index (χ2n) is 5.90. The van der Waals surface area contributed by atoms with Crippen LogP contribution in [0.1, 0.15) is 27.9 Å². The van der Waals surface area contributed by atoms with Crippen molar-refractivity contribution in [3.05, 3.63) is 59.5 Å². The van der Waals surface area contributed by atoms with Gasteiger partial charge in [-0.05, 0) is 51.4 Å². The number of nitrogens with one attached hydrogen (secondary N) is 1. The molecule has 0 fully saturated rings. The predicted octanol–water partition coefficient (Wildman–Crippen LogP) is 3.51. The van der Waals surface area contributed by atoms with Crippen molar-refractivity contribution in [1.82, 2.24) is 10.2 Å². The van der Waals surface area contributed by atoms with Crippen molar-refractivity contribution in [2.45, 2.75) is 13.0 Å². The molecular weight excluding hydrogens is 311 g/mol. The van der Waals surface area contributed by atoms with Gasteiger partial charge in [0.1, 0.15) is 17.2 Å². The van der Waals surface area contributed by atoms with Crippen molar-refractivity contribution in [1.29, 1.82) is 0 Å². The number of carbonyl (C=O) groups is 1. The number of fused-ring (bicyclic) bond motifs is 1. The van der Waals surface area contributed by atoms with E-state index in [-0.39, 0.29) is 23.5 Å². The molecule has 0 bridgehead atoms. The van der Waals surface area contributed by atoms with Gasteiger partial charge in [0.05, 0.1) is 12.3 Å². The van der Waals surface area contributed by atoms with Crippen LogP contribution < -0.4 is 5.32 Å². The lowest BCUT2D eigenvalue weighted by molar-refractivity contribution is 0.0912. The minimum atomic E-state index is -0.358. The molecule has 1 N–H and O–H groups in total. The molecule has 3 rings (SSSR count). The highest BCUT2D eigenvalue weighted by Gasteiger charge is 2.21. The maximum absolute atomic E-state index is 13.4. The Morgan fingerprint density at radius 2 is 2.12 bits per heavy atom. The number of hydrogen-bond donors (Lipinski definition) is 1. The first-order valence-corrected chi connectivity index (χ1v) is 7.64. The summed E-state index contributed by atoms with van der Waals surface area (Å²) in [5.74, 6) is 0.280. The molecule has 2 heterocycles. The fraction of sp³-hybridized carbons (Fsp3) is 0.278. The van der Waals surface area contributed by atoms with Crippen LogP contribution in [0.4, 0.5) is 4.39 Å². The predicted molar refractivity (Wildman–Crippen MR) is 88.4 cm³/mol. The highest BCUT2D eigenvalue weighted by Crippen LogP contribution is 2.26. The smallest absolute Gasteiger partial charge is 0.287 e. The van der Waals surface area contributed by atoms with E-state index in [1.54, 1.807) is 13.2 Å². The molecule has 1 aromatic carbocycles. The number of benzene rings is 1. The van der Waals surface area contributed by atoms with Crippen molar-refractivity contribution in [3.8, 4) is 0 Å². The Labute approximate surface area is 139 Å². The maximum Gasteiger partial charge on any atom is 0.287 e. The Morgan fingerprint density at radius 1 is 1.33 bits per heavy atom. The minimum Gasteiger partial charge on any atom is -0.468 e. The third kappa shape index (κ3) is 3.05. The summed E-state index contributed by atoms with van der Waals surface area (Å²) in [5.41, 5.74) is 1.12. The van der Waals surface area contributed by atoms with Crippen molar-refractivity contribution in [2.75, 3.05) is 20.6 Å². The van der Waals surface area contributed by atoms with Crippen LogP contribution >= 0.6 is 0 Å². The van der Waals surface area contributed by atoms with Crippen molar-refractivity contribution in [2.24, 2.45) is 0 Å². The number of likely N-dealkylation sites (N-methyl/N-ethyl adjacent to an activating group) is 1. The van der Waals surface area contributed by atoms with Gasteiger partial charge in [-0.2, -0.15) is 0 Å². The van der Waals surface area contributed by atoms with Gasteiger partial charge < -0.3 is 14.2 Å². The van der Waals surface area contributed by atoms with Crippen LogP contribution in [0.3, 0.4) is 0 Å². The average molecular weight is 330 g/mol. The molecule has 0 unspecified atom stereocenters. The zero-order valence-corrected chi connectivity index (χ0v) is 13.8. The fourth-order valence-electron chi connectivity index (χ4n) is 2.70. The fourth-order valence-corrected chi connectivity index (χ4v) is 2.70. The Balaban J connectivity index is 1.79. The molecule has 1 atom stereocenters. The van der Waals surface area contributed by atoms with Crippen LogP contribution in [0.2, 0.25) is 0 Å². The van der Waals surface area contributed by atoms with Gasteiger partial charge in [-0.3, -0.25) is 9.69 Å². The van der Waals surface area contributed by atoms with Crippen LogP contribution in [0.25, 0.3) is 11.0 Å². The molecule has 126 valence electrons. The number of hydrogen-bond acceptors (Lipinski definition) is 4. The van der Waals surface area contributed by atoms with E-state index in [4.69, 9.17) is 8.83 Å². The average Bonchev–Trinajstić information content (AvgIpc) is 3.16. The zero-order valence-electron chi connectivity index (χ0n) is 13.8. The summed E-state index contributed by atoms with van der Waals surface area (Å²) < 4.78 is 24.4. The SMILES string of the molecule is Cc1c(C(=O)NC[C@H](c2ccco2)N(C)C)oc2ccc(F)cc12. The lowest BCUT2D eigenvalue weighted by Gasteiger charge is -2.22. The molecule has 3 aromatic rings. The number of furan rings is 2. The summed E-state index contributed by atoms with van der Waals surface area (Å²) in [5, 5.41) is 3.46. The molecule has 0 aliphatic heterocycles. The highest BCUT2D eigenvalue weighted by atomic mass is 19.1. The van der Waals surface area contributed by atoms with E-state index in [1.165, 1.54) is 18.2 Å². The van der Waals surface area contributed by atoms with E-state index < -0.39 is 0 Å². The van der Waals surface area contributed by atoms with Gasteiger partial charge >= 0.3 is 0 Å². The Morgan fingerprint density at radius 3 is 2.79 bits per heavy atom. The van der Waals surface area contributed by atoms with Crippen LogP contribution in [-0.2, 0) is 0 Å². The molecule has 0 saturated carbocycles. The number of nitrogens with zero attached hydrogens (tertiary/aromatic N) is 1. The van der Waals surface area contributed by atoms with Crippen LogP contribution in [0, 0.1) is 12.7 Å². The van der Waals surface area contributed by atoms with Crippen molar-refractivity contribution in [3.63, 3.8) is 0 Å². The molecule has 5 nitrogen and oxygen atoms in total. The van der Waals surface area contributed by atoms with Crippen LogP contribution in [0.5, 0.6) is 0 Å². The van der Waals surface area contributed by atoms with E-state index in [2.05, 4.69) is 5.32 Å². The minimum absolute atomic E-state index is 0.0916. The van der Waals surface area contributed by atoms with Gasteiger partial charge in [0.15, 0.2) is 5.76 Å². The topological polar surface area (TPSA) is 58.6 Å². The summed E-state index contributed by atoms with van der Waals surface area (Å²) in [7, 11) is 3.82. The number of rotatable bonds is 5. The quantitative estimate of drug-likeness (QED) is 0.778. The molecule has 0 spiro atoms. The Bertz CT molecular complexity index is 853. The van der Waals surface area contributed by atoms with Gasteiger partial charge in [0.2, 0.25) is 0 Å². The summed E-state index contributed by atoms with van der Waals surface area (Å²) >= 11 is 0. The van der Waals surface area contributed by atoms with E-state index in [9.17, 15) is 9.18 Å². The second-order valence-corrected chi connectivity index (χ2v) is 5.90. The van der Waals surface area contributed by atoms with Gasteiger partial charge in [0.25, 0.3) is 5.91 Å². The van der Waals surface area contributed by atoms with E-state index in [0.29, 0.717) is 23.1 Å². The lowest BCUT2D eigenvalue weighted by atomic mass is 10.1. The summed E-state index contributed by atoms with van der Waals surface area (Å²) in [4.78, 5) is 14.4. The van der Waals surface area contributed by atoms with Gasteiger partial charge in [-0.15, -0.1) is 0 Å². The molecule has 0 saturated heterocycles. The maximum atomic E-state index is 13.4. The Hall–Kier alpha value is -2.60. The van der Waals surface area contributed by atoms with Crippen molar-refractivity contribution < 1.29 is 18.0 Å². The van der Waals surface area contributed by atoms with E-state index in [0.717, 1.165) is 5.76 Å². The molecule has 0 radical (unpaired) electrons. The normalized spacial score (nSPS) is 12.7. The number of halogens is 1. The molecule has 2 aromatic heterocycles. The first-order valence-electron chi connectivity index (χ1n) is 7.64. The third-order valence-corrected chi connectivity index (χ3v) is 4.06. The zero-order chi connectivity index (χ0) is 17.3. The summed E-state index contributed by atoms with van der Waals surface area (Å²) in [6, 6.07) is 7.80. The first kappa shape index (κ1) is 16.3. The number of amides is 1. The second kappa shape index (κ2) is 6.49. The van der Waals surface area contributed by atoms with Crippen molar-refractivity contribution >= 4 is 16.9 Å². The van der Waals surface area contributed by atoms with Crippen LogP contribution in [-0.4, -0.2) is 31.4 Å². The van der Waals surface area contributed by atoms with Crippen LogP contribution in [0.15, 0.2) is 45.4 Å². The summed E-state index contributed by atoms with van der Waals surface area (Å²) in [6.45, 7) is 2.11. The van der Waals surface area contributed by atoms with E-state index >= 15 is 0 Å². The number of carbonyl (C=O) groups excluding carboxylic acids is 1. The highest BCUT2D eigenvalue weighted by molar-refractivity contribution is 5.98. The molecule has 24 heavy (non-hydrogen) atoms. The number of aryl methyl sites for hydroxylation is 1. The standard InChI is InChI=1S/C18H19FN2O3/c1-11-13-9-12(19)6-7-15(13)24-17(11)18(22)20-10-14(21(2)3)16-5-4-8-23-16/h4-9,14H,10H2,1-3H3,(H,20,22)/t14-/m1/s1. The molecular formula is C18H19FN2O3. The largest absolute Gasteiger partial charge is 0.468 e. The van der Waals surface area contributed by atoms with Gasteiger partial charge in [0, 0.05) is 17.5 Å². The van der Waals surface area contributed by atoms with Gasteiger partial charge in [-0.1, -0.05) is 0 Å². The Kier molecular flexibility index (Phi) is 4.40. The molecule has 0 aliphatic rings. The summed E-state index contributed by atoms with van der Waals surface area (Å²) in [6.07, 6.45) is 1.60. The monoisotopic (exact) mass is 330 g/mol. The lowest BCUT2D eigenvalue weighted by Crippen LogP contribution is -2.34. The third-order valence-electron chi connectivity index (χ3n) is 4.06. The van der Waals surface area contributed by atoms with Gasteiger partial charge in [-0.25, -0.2) is 4.39 Å². The molecule has 1 amide bonds. The molecule has 6 heteroatoms. The molecule has 0 aliphatic carbocycles. The first-order chi connectivity index (χ1) is 11.5.